The number of aromatic hydroxyl groups is 1. The summed E-state index contributed by atoms with van der Waals surface area (Å²) >= 11 is 0. The van der Waals surface area contributed by atoms with Crippen molar-refractivity contribution >= 4 is 5.76 Å². The molecule has 0 saturated carbocycles. The monoisotopic (exact) mass is 285 g/mol. The van der Waals surface area contributed by atoms with Crippen molar-refractivity contribution in [2.75, 3.05) is 19.6 Å². The van der Waals surface area contributed by atoms with Gasteiger partial charge in [-0.05, 0) is 81.6 Å². The highest BCUT2D eigenvalue weighted by Gasteiger charge is 2.17. The lowest BCUT2D eigenvalue weighted by Crippen LogP contribution is -2.23. The third kappa shape index (κ3) is 3.13. The van der Waals surface area contributed by atoms with Crippen LogP contribution in [0.2, 0.25) is 0 Å². The first-order valence-corrected chi connectivity index (χ1v) is 7.73. The van der Waals surface area contributed by atoms with Crippen molar-refractivity contribution in [3.8, 4) is 5.75 Å². The Hall–Kier alpha value is -1.74. The molecule has 1 fully saturated rings. The third-order valence-corrected chi connectivity index (χ3v) is 4.24. The molecule has 0 amide bonds. The minimum absolute atomic E-state index is 0.378. The van der Waals surface area contributed by atoms with Crippen molar-refractivity contribution in [2.24, 2.45) is 0 Å². The first-order chi connectivity index (χ1) is 10.1. The maximum absolute atomic E-state index is 9.89. The molecule has 1 aromatic rings. The molecular formula is C18H23NO2. The number of rotatable bonds is 3. The molecule has 2 aliphatic heterocycles. The SMILES string of the molecule is Cc1cc(C2=CCC=C(CN3CCCC3)O2)cc(C)c1O. The van der Waals surface area contributed by atoms with Gasteiger partial charge in [0.15, 0.2) is 0 Å². The smallest absolute Gasteiger partial charge is 0.130 e. The number of ether oxygens (including phenoxy) is 1. The highest BCUT2D eigenvalue weighted by atomic mass is 16.5. The lowest BCUT2D eigenvalue weighted by molar-refractivity contribution is 0.278. The normalized spacial score (nSPS) is 19.1. The summed E-state index contributed by atoms with van der Waals surface area (Å²) in [7, 11) is 0. The third-order valence-electron chi connectivity index (χ3n) is 4.24. The van der Waals surface area contributed by atoms with Crippen LogP contribution in [0.1, 0.15) is 36.0 Å². The molecule has 1 aromatic carbocycles. The molecule has 2 heterocycles. The zero-order chi connectivity index (χ0) is 14.8. The second-order valence-corrected chi connectivity index (χ2v) is 6.02. The molecule has 3 nitrogen and oxygen atoms in total. The summed E-state index contributed by atoms with van der Waals surface area (Å²) in [5.74, 6) is 2.35. The predicted molar refractivity (Wildman–Crippen MR) is 85.0 cm³/mol. The largest absolute Gasteiger partial charge is 0.507 e. The Labute approximate surface area is 126 Å². The van der Waals surface area contributed by atoms with E-state index in [-0.39, 0.29) is 0 Å². The summed E-state index contributed by atoms with van der Waals surface area (Å²) in [6.45, 7) is 7.12. The van der Waals surface area contributed by atoms with E-state index in [9.17, 15) is 5.11 Å². The van der Waals surface area contributed by atoms with Crippen LogP contribution in [-0.4, -0.2) is 29.6 Å². The van der Waals surface area contributed by atoms with Crippen LogP contribution in [-0.2, 0) is 4.74 Å². The van der Waals surface area contributed by atoms with Crippen molar-refractivity contribution in [1.82, 2.24) is 4.90 Å². The summed E-state index contributed by atoms with van der Waals surface area (Å²) in [6, 6.07) is 3.99. The van der Waals surface area contributed by atoms with Crippen molar-refractivity contribution < 1.29 is 9.84 Å². The van der Waals surface area contributed by atoms with E-state index in [1.165, 1.54) is 25.9 Å². The second kappa shape index (κ2) is 5.94. The Bertz CT molecular complexity index is 572. The summed E-state index contributed by atoms with van der Waals surface area (Å²) in [6.07, 6.45) is 7.79. The number of likely N-dealkylation sites (tertiary alicyclic amines) is 1. The molecule has 1 saturated heterocycles. The highest BCUT2D eigenvalue weighted by molar-refractivity contribution is 5.65. The van der Waals surface area contributed by atoms with Gasteiger partial charge in [-0.3, -0.25) is 4.90 Å². The quantitative estimate of drug-likeness (QED) is 0.918. The van der Waals surface area contributed by atoms with Crippen LogP contribution in [0.4, 0.5) is 0 Å². The van der Waals surface area contributed by atoms with Gasteiger partial charge < -0.3 is 9.84 Å². The first-order valence-electron chi connectivity index (χ1n) is 7.73. The number of allylic oxidation sites excluding steroid dienone is 2. The van der Waals surface area contributed by atoms with Crippen LogP contribution < -0.4 is 0 Å². The molecular weight excluding hydrogens is 262 g/mol. The standard InChI is InChI=1S/C18H23NO2/c1-13-10-15(11-14(2)18(13)20)17-7-5-6-16(21-17)12-19-8-3-4-9-19/h6-7,10-11,20H,3-5,8-9,12H2,1-2H3. The van der Waals surface area contributed by atoms with Crippen molar-refractivity contribution in [2.45, 2.75) is 33.1 Å². The molecule has 21 heavy (non-hydrogen) atoms. The maximum Gasteiger partial charge on any atom is 0.130 e. The van der Waals surface area contributed by atoms with Crippen molar-refractivity contribution in [1.29, 1.82) is 0 Å². The fourth-order valence-electron chi connectivity index (χ4n) is 3.05. The number of phenolic OH excluding ortho intramolecular Hbond substituents is 1. The lowest BCUT2D eigenvalue weighted by atomic mass is 10.0. The molecule has 0 aromatic heterocycles. The summed E-state index contributed by atoms with van der Waals surface area (Å²) in [5, 5.41) is 9.89. The number of nitrogens with zero attached hydrogens (tertiary/aromatic N) is 1. The van der Waals surface area contributed by atoms with Gasteiger partial charge in [0, 0.05) is 5.56 Å². The van der Waals surface area contributed by atoms with E-state index in [4.69, 9.17) is 4.74 Å². The summed E-state index contributed by atoms with van der Waals surface area (Å²) in [5.41, 5.74) is 2.84. The number of phenols is 1. The van der Waals surface area contributed by atoms with Crippen LogP contribution in [0, 0.1) is 13.8 Å². The molecule has 112 valence electrons. The second-order valence-electron chi connectivity index (χ2n) is 6.02. The number of hydrogen-bond donors (Lipinski definition) is 1. The Morgan fingerprint density at radius 1 is 1.10 bits per heavy atom. The van der Waals surface area contributed by atoms with Gasteiger partial charge in [0.1, 0.15) is 17.3 Å². The fraction of sp³-hybridized carbons (Fsp3) is 0.444. The molecule has 0 unspecified atom stereocenters. The van der Waals surface area contributed by atoms with Gasteiger partial charge >= 0.3 is 0 Å². The van der Waals surface area contributed by atoms with E-state index in [0.29, 0.717) is 5.75 Å². The molecule has 0 bridgehead atoms. The Morgan fingerprint density at radius 2 is 1.76 bits per heavy atom. The molecule has 3 heteroatoms. The van der Waals surface area contributed by atoms with Crippen LogP contribution in [0.5, 0.6) is 5.75 Å². The Balaban J connectivity index is 1.73. The van der Waals surface area contributed by atoms with Gasteiger partial charge in [0.05, 0.1) is 6.54 Å². The van der Waals surface area contributed by atoms with Crippen LogP contribution in [0.25, 0.3) is 5.76 Å². The summed E-state index contributed by atoms with van der Waals surface area (Å²) in [4.78, 5) is 2.45. The van der Waals surface area contributed by atoms with Gasteiger partial charge in [-0.15, -0.1) is 0 Å². The molecule has 0 aliphatic carbocycles. The van der Waals surface area contributed by atoms with Crippen LogP contribution >= 0.6 is 0 Å². The fourth-order valence-corrected chi connectivity index (χ4v) is 3.05. The van der Waals surface area contributed by atoms with Crippen molar-refractivity contribution in [3.05, 3.63) is 46.7 Å². The molecule has 0 spiro atoms. The first kappa shape index (κ1) is 14.2. The van der Waals surface area contributed by atoms with E-state index in [0.717, 1.165) is 41.2 Å². The van der Waals surface area contributed by atoms with Crippen LogP contribution in [0.3, 0.4) is 0 Å². The zero-order valence-electron chi connectivity index (χ0n) is 12.9. The minimum Gasteiger partial charge on any atom is -0.507 e. The molecule has 0 atom stereocenters. The van der Waals surface area contributed by atoms with Crippen LogP contribution in [0.15, 0.2) is 30.0 Å². The Kier molecular flexibility index (Phi) is 4.02. The van der Waals surface area contributed by atoms with Gasteiger partial charge in [0.2, 0.25) is 0 Å². The number of aryl methyl sites for hydroxylation is 2. The van der Waals surface area contributed by atoms with Gasteiger partial charge in [-0.25, -0.2) is 0 Å². The van der Waals surface area contributed by atoms with Crippen molar-refractivity contribution in [3.63, 3.8) is 0 Å². The van der Waals surface area contributed by atoms with E-state index < -0.39 is 0 Å². The maximum atomic E-state index is 9.89. The molecule has 0 radical (unpaired) electrons. The zero-order valence-corrected chi connectivity index (χ0v) is 12.9. The summed E-state index contributed by atoms with van der Waals surface area (Å²) < 4.78 is 6.08. The molecule has 1 N–H and O–H groups in total. The van der Waals surface area contributed by atoms with Gasteiger partial charge in [-0.2, -0.15) is 0 Å². The topological polar surface area (TPSA) is 32.7 Å². The molecule has 3 rings (SSSR count). The average molecular weight is 285 g/mol. The lowest BCUT2D eigenvalue weighted by Gasteiger charge is -2.22. The van der Waals surface area contributed by atoms with Gasteiger partial charge in [0.25, 0.3) is 0 Å². The van der Waals surface area contributed by atoms with E-state index in [2.05, 4.69) is 17.1 Å². The number of hydrogen-bond acceptors (Lipinski definition) is 3. The van der Waals surface area contributed by atoms with Gasteiger partial charge in [-0.1, -0.05) is 0 Å². The van der Waals surface area contributed by atoms with E-state index >= 15 is 0 Å². The Morgan fingerprint density at radius 3 is 2.43 bits per heavy atom. The average Bonchev–Trinajstić information content (AvgIpc) is 2.97. The number of benzene rings is 1. The minimum atomic E-state index is 0.378. The highest BCUT2D eigenvalue weighted by Crippen LogP contribution is 2.30. The molecule has 2 aliphatic rings. The van der Waals surface area contributed by atoms with E-state index in [1.54, 1.807) is 0 Å². The predicted octanol–water partition coefficient (Wildman–Crippen LogP) is 3.75. The van der Waals surface area contributed by atoms with E-state index in [1.807, 2.05) is 26.0 Å².